The number of benzene rings is 12. The Bertz CT molecular complexity index is 4140. The van der Waals surface area contributed by atoms with E-state index in [0.717, 1.165) is 17.1 Å². The molecule has 1 saturated carbocycles. The molecule has 3 aliphatic rings. The minimum Gasteiger partial charge on any atom is -0.309 e. The van der Waals surface area contributed by atoms with Crippen molar-refractivity contribution in [2.24, 2.45) is 0 Å². The van der Waals surface area contributed by atoms with E-state index in [9.17, 15) is 0 Å². The van der Waals surface area contributed by atoms with Gasteiger partial charge in [0.15, 0.2) is 0 Å². The lowest BCUT2D eigenvalue weighted by Crippen LogP contribution is -2.28. The molecule has 0 heterocycles. The molecular weight excluding hydrogens is 951 g/mol. The number of nitrogens with zero attached hydrogens (tertiary/aromatic N) is 1. The summed E-state index contributed by atoms with van der Waals surface area (Å²) in [5, 5.41) is 2.68. The number of rotatable bonds is 10. The van der Waals surface area contributed by atoms with Crippen molar-refractivity contribution in [3.05, 3.63) is 341 Å². The summed E-state index contributed by atoms with van der Waals surface area (Å²) in [5.74, 6) is 0.530. The van der Waals surface area contributed by atoms with Crippen LogP contribution in [0.5, 0.6) is 0 Å². The number of para-hydroxylation sites is 2. The fourth-order valence-corrected chi connectivity index (χ4v) is 14.9. The zero-order valence-electron chi connectivity index (χ0n) is 44.3. The van der Waals surface area contributed by atoms with Gasteiger partial charge in [-0.05, 0) is 126 Å². The van der Waals surface area contributed by atoms with Gasteiger partial charge in [-0.25, -0.2) is 0 Å². The van der Waals surface area contributed by atoms with Crippen molar-refractivity contribution >= 4 is 27.8 Å². The van der Waals surface area contributed by atoms with E-state index in [1.54, 1.807) is 0 Å². The summed E-state index contributed by atoms with van der Waals surface area (Å²) in [4.78, 5) is 2.65. The molecule has 15 rings (SSSR count). The average Bonchev–Trinajstić information content (AvgIpc) is 2.98. The topological polar surface area (TPSA) is 3.24 Å². The van der Waals surface area contributed by atoms with Gasteiger partial charge < -0.3 is 4.90 Å². The predicted octanol–water partition coefficient (Wildman–Crippen LogP) is 20.4. The zero-order valence-corrected chi connectivity index (χ0v) is 44.3. The molecule has 0 atom stereocenters. The third-order valence-corrected chi connectivity index (χ3v) is 18.0. The summed E-state index contributed by atoms with van der Waals surface area (Å²) in [6, 6.07) is 110. The van der Waals surface area contributed by atoms with E-state index in [1.807, 2.05) is 0 Å². The molecule has 0 saturated heterocycles. The molecule has 0 radical (unpaired) electrons. The van der Waals surface area contributed by atoms with Crippen LogP contribution in [0.4, 0.5) is 17.1 Å². The second-order valence-corrected chi connectivity index (χ2v) is 21.9. The minimum atomic E-state index is -0.581. The van der Waals surface area contributed by atoms with Gasteiger partial charge >= 0.3 is 0 Å². The van der Waals surface area contributed by atoms with E-state index < -0.39 is 10.8 Å². The Hall–Kier alpha value is -9.30. The molecule has 12 aromatic carbocycles. The second kappa shape index (κ2) is 19.3. The van der Waals surface area contributed by atoms with Crippen LogP contribution in [-0.4, -0.2) is 0 Å². The molecule has 1 nitrogen and oxygen atoms in total. The molecule has 12 aromatic rings. The summed E-state index contributed by atoms with van der Waals surface area (Å²) in [6.07, 6.45) is 6.35. The molecule has 3 aliphatic carbocycles. The van der Waals surface area contributed by atoms with E-state index >= 15 is 0 Å². The molecular formula is C78H59N. The van der Waals surface area contributed by atoms with Crippen LogP contribution in [0.2, 0.25) is 0 Å². The van der Waals surface area contributed by atoms with Crippen LogP contribution in [0.15, 0.2) is 291 Å². The molecule has 0 unspecified atom stereocenters. The predicted molar refractivity (Wildman–Crippen MR) is 330 cm³/mol. The van der Waals surface area contributed by atoms with Crippen LogP contribution in [-0.2, 0) is 10.8 Å². The molecule has 0 amide bonds. The number of hydrogen-bond donors (Lipinski definition) is 0. The van der Waals surface area contributed by atoms with Crippen LogP contribution in [0, 0.1) is 0 Å². The Morgan fingerprint density at radius 1 is 0.266 bits per heavy atom. The first-order valence-corrected chi connectivity index (χ1v) is 28.5. The summed E-state index contributed by atoms with van der Waals surface area (Å²) in [7, 11) is 0. The Morgan fingerprint density at radius 3 is 1.18 bits per heavy atom. The normalized spacial score (nSPS) is 14.7. The van der Waals surface area contributed by atoms with Gasteiger partial charge in [-0.2, -0.15) is 0 Å². The lowest BCUT2D eigenvalue weighted by molar-refractivity contribution is 0.445. The Labute approximate surface area is 464 Å². The lowest BCUT2D eigenvalue weighted by Gasteiger charge is -2.35. The van der Waals surface area contributed by atoms with Gasteiger partial charge in [0.25, 0.3) is 0 Å². The van der Waals surface area contributed by atoms with Crippen molar-refractivity contribution in [2.45, 2.75) is 48.9 Å². The fraction of sp³-hybridized carbons (Fsp3) is 0.103. The molecule has 79 heavy (non-hydrogen) atoms. The average molecular weight is 1010 g/mol. The molecule has 0 aliphatic heterocycles. The summed E-state index contributed by atoms with van der Waals surface area (Å²) >= 11 is 0. The highest BCUT2D eigenvalue weighted by atomic mass is 15.2. The molecule has 1 heteroatoms. The molecule has 0 N–H and O–H groups in total. The van der Waals surface area contributed by atoms with Crippen molar-refractivity contribution in [3.63, 3.8) is 0 Å². The van der Waals surface area contributed by atoms with Crippen molar-refractivity contribution in [2.75, 3.05) is 4.90 Å². The van der Waals surface area contributed by atoms with E-state index in [0.29, 0.717) is 5.92 Å². The van der Waals surface area contributed by atoms with E-state index in [4.69, 9.17) is 0 Å². The maximum absolute atomic E-state index is 2.65. The standard InChI is InChI=1S/C78H59N/c1-6-28-54(29-7-1)60-44-24-30-55-31-25-45-63(74(55)60)61-40-18-22-51-71(61)79(73-53-27-50-70-76(73)66-43-17-21-48-68(66)78(70,58-36-12-4-13-37-58)59-38-14-5-15-39-59)72-52-23-19-41-62(72)64-46-26-49-69-75(64)65-42-16-20-47-67(65)77(69,56-32-8-2-9-33-56)57-34-10-3-11-35-57/h2-5,8-27,30-54H,1,6-7,28-29H2. The third-order valence-electron chi connectivity index (χ3n) is 18.0. The molecule has 376 valence electrons. The van der Waals surface area contributed by atoms with Crippen LogP contribution >= 0.6 is 0 Å². The molecule has 0 aromatic heterocycles. The lowest BCUT2D eigenvalue weighted by atomic mass is 9.67. The Morgan fingerprint density at radius 2 is 0.633 bits per heavy atom. The van der Waals surface area contributed by atoms with Crippen LogP contribution < -0.4 is 4.90 Å². The monoisotopic (exact) mass is 1010 g/mol. The van der Waals surface area contributed by atoms with Gasteiger partial charge in [0.2, 0.25) is 0 Å². The molecule has 0 spiro atoms. The van der Waals surface area contributed by atoms with Gasteiger partial charge in [0.1, 0.15) is 0 Å². The Kier molecular flexibility index (Phi) is 11.5. The summed E-state index contributed by atoms with van der Waals surface area (Å²) in [5.41, 5.74) is 23.8. The number of anilines is 3. The maximum Gasteiger partial charge on any atom is 0.0714 e. The smallest absolute Gasteiger partial charge is 0.0714 e. The van der Waals surface area contributed by atoms with E-state index in [1.165, 1.54) is 137 Å². The van der Waals surface area contributed by atoms with Gasteiger partial charge in [0.05, 0.1) is 27.9 Å². The summed E-state index contributed by atoms with van der Waals surface area (Å²) in [6.45, 7) is 0. The SMILES string of the molecule is c1ccc(C2(c3ccccc3)c3ccccc3-c3c(-c4ccccc4N(c4ccccc4-c4cccc5cccc(C6CCCCC6)c45)c4cccc5c4-c4ccccc4C5(c4ccccc4)c4ccccc4)cccc32)cc1. The highest BCUT2D eigenvalue weighted by molar-refractivity contribution is 6.08. The van der Waals surface area contributed by atoms with Crippen LogP contribution in [0.25, 0.3) is 55.3 Å². The second-order valence-electron chi connectivity index (χ2n) is 21.9. The number of fused-ring (bicyclic) bond motifs is 7. The van der Waals surface area contributed by atoms with Crippen molar-refractivity contribution in [1.82, 2.24) is 0 Å². The first-order valence-electron chi connectivity index (χ1n) is 28.5. The van der Waals surface area contributed by atoms with Crippen molar-refractivity contribution in [3.8, 4) is 44.5 Å². The van der Waals surface area contributed by atoms with Gasteiger partial charge in [-0.3, -0.25) is 0 Å². The fourth-order valence-electron chi connectivity index (χ4n) is 14.9. The Balaban J connectivity index is 1.05. The number of hydrogen-bond acceptors (Lipinski definition) is 1. The zero-order chi connectivity index (χ0) is 52.3. The first-order chi connectivity index (χ1) is 39.3. The van der Waals surface area contributed by atoms with Crippen LogP contribution in [0.1, 0.15) is 88.1 Å². The van der Waals surface area contributed by atoms with Gasteiger partial charge in [0, 0.05) is 16.7 Å². The van der Waals surface area contributed by atoms with Crippen molar-refractivity contribution < 1.29 is 0 Å². The van der Waals surface area contributed by atoms with E-state index in [-0.39, 0.29) is 0 Å². The highest BCUT2D eigenvalue weighted by Crippen LogP contribution is 2.62. The molecule has 1 fully saturated rings. The third kappa shape index (κ3) is 7.15. The largest absolute Gasteiger partial charge is 0.309 e. The minimum absolute atomic E-state index is 0.530. The van der Waals surface area contributed by atoms with Gasteiger partial charge in [-0.15, -0.1) is 0 Å². The first kappa shape index (κ1) is 47.0. The molecule has 0 bridgehead atoms. The quantitative estimate of drug-likeness (QED) is 0.132. The van der Waals surface area contributed by atoms with Crippen LogP contribution in [0.3, 0.4) is 0 Å². The highest BCUT2D eigenvalue weighted by Gasteiger charge is 2.49. The van der Waals surface area contributed by atoms with Crippen molar-refractivity contribution in [1.29, 1.82) is 0 Å². The van der Waals surface area contributed by atoms with E-state index in [2.05, 4.69) is 296 Å². The maximum atomic E-state index is 2.65. The summed E-state index contributed by atoms with van der Waals surface area (Å²) < 4.78 is 0. The van der Waals surface area contributed by atoms with Gasteiger partial charge in [-0.1, -0.05) is 292 Å².